The van der Waals surface area contributed by atoms with E-state index in [0.717, 1.165) is 19.5 Å². The fourth-order valence-electron chi connectivity index (χ4n) is 3.77. The van der Waals surface area contributed by atoms with E-state index in [-0.39, 0.29) is 24.4 Å². The molecule has 1 aromatic heterocycles. The highest BCUT2D eigenvalue weighted by Crippen LogP contribution is 2.59. The molecule has 1 aliphatic heterocycles. The fraction of sp³-hybridized carbons (Fsp3) is 0.688. The lowest BCUT2D eigenvalue weighted by molar-refractivity contribution is -0.124. The van der Waals surface area contributed by atoms with E-state index in [1.165, 1.54) is 30.6 Å². The summed E-state index contributed by atoms with van der Waals surface area (Å²) in [4.78, 5) is 13.9. The molecule has 3 fully saturated rings. The van der Waals surface area contributed by atoms with Crippen LogP contribution in [0.2, 0.25) is 0 Å². The second-order valence-electron chi connectivity index (χ2n) is 6.71. The highest BCUT2D eigenvalue weighted by Gasteiger charge is 2.58. The molecule has 1 aromatic rings. The Morgan fingerprint density at radius 2 is 2.14 bits per heavy atom. The van der Waals surface area contributed by atoms with Gasteiger partial charge in [-0.25, -0.2) is 0 Å². The monoisotopic (exact) mass is 326 g/mol. The molecule has 0 radical (unpaired) electrons. The van der Waals surface area contributed by atoms with Crippen LogP contribution in [0.15, 0.2) is 17.5 Å². The molecular formula is C16H23ClN2OS. The summed E-state index contributed by atoms with van der Waals surface area (Å²) in [5.74, 6) is 1.28. The van der Waals surface area contributed by atoms with Crippen molar-refractivity contribution in [3.8, 4) is 0 Å². The van der Waals surface area contributed by atoms with E-state index in [9.17, 15) is 4.79 Å². The zero-order chi connectivity index (χ0) is 13.6. The van der Waals surface area contributed by atoms with E-state index in [1.807, 2.05) is 0 Å². The molecule has 4 rings (SSSR count). The Bertz CT molecular complexity index is 494. The topological polar surface area (TPSA) is 41.1 Å². The van der Waals surface area contributed by atoms with Crippen molar-refractivity contribution >= 4 is 29.7 Å². The molecule has 0 aromatic carbocycles. The van der Waals surface area contributed by atoms with Crippen LogP contribution in [0.5, 0.6) is 0 Å². The van der Waals surface area contributed by atoms with Gasteiger partial charge < -0.3 is 10.6 Å². The van der Waals surface area contributed by atoms with Crippen molar-refractivity contribution in [3.05, 3.63) is 22.4 Å². The van der Waals surface area contributed by atoms with Gasteiger partial charge in [0.2, 0.25) is 5.91 Å². The minimum atomic E-state index is 0. The largest absolute Gasteiger partial charge is 0.348 e. The Kier molecular flexibility index (Phi) is 4.30. The minimum Gasteiger partial charge on any atom is -0.348 e. The van der Waals surface area contributed by atoms with E-state index in [1.54, 1.807) is 11.3 Å². The van der Waals surface area contributed by atoms with Gasteiger partial charge in [-0.2, -0.15) is 0 Å². The molecular weight excluding hydrogens is 304 g/mol. The second kappa shape index (κ2) is 5.90. The maximum atomic E-state index is 12.6. The Hall–Kier alpha value is -0.580. The number of hydrogen-bond donors (Lipinski definition) is 2. The first-order chi connectivity index (χ1) is 9.78. The van der Waals surface area contributed by atoms with Gasteiger partial charge in [-0.15, -0.1) is 23.7 Å². The average molecular weight is 327 g/mol. The van der Waals surface area contributed by atoms with Crippen molar-refractivity contribution in [2.24, 2.45) is 17.3 Å². The van der Waals surface area contributed by atoms with Gasteiger partial charge in [0, 0.05) is 10.8 Å². The van der Waals surface area contributed by atoms with Crippen LogP contribution in [0, 0.1) is 17.3 Å². The van der Waals surface area contributed by atoms with Gasteiger partial charge in [-0.3, -0.25) is 4.79 Å². The Labute approximate surface area is 136 Å². The number of rotatable bonds is 4. The molecule has 116 valence electrons. The third-order valence-corrected chi connectivity index (χ3v) is 6.30. The number of piperidine rings is 1. The van der Waals surface area contributed by atoms with Gasteiger partial charge in [0.1, 0.15) is 0 Å². The highest BCUT2D eigenvalue weighted by molar-refractivity contribution is 7.10. The first kappa shape index (κ1) is 15.3. The predicted molar refractivity (Wildman–Crippen MR) is 87.8 cm³/mol. The molecule has 1 spiro atoms. The predicted octanol–water partition coefficient (Wildman–Crippen LogP) is 3.13. The Morgan fingerprint density at radius 3 is 2.76 bits per heavy atom. The number of hydrogen-bond acceptors (Lipinski definition) is 3. The molecule has 2 heterocycles. The second-order valence-corrected chi connectivity index (χ2v) is 7.69. The number of nitrogens with one attached hydrogen (secondary N) is 2. The summed E-state index contributed by atoms with van der Waals surface area (Å²) in [5.41, 5.74) is 0.346. The summed E-state index contributed by atoms with van der Waals surface area (Å²) in [7, 11) is 0. The summed E-state index contributed by atoms with van der Waals surface area (Å²) in [6, 6.07) is 4.54. The lowest BCUT2D eigenvalue weighted by Crippen LogP contribution is -2.35. The SMILES string of the molecule is Cl.O=C(NC(c1cccs1)C1CC1)C1CC12CCNCC2. The molecule has 5 heteroatoms. The average Bonchev–Trinajstić information content (AvgIpc) is 3.36. The van der Waals surface area contributed by atoms with E-state index in [0.29, 0.717) is 17.2 Å². The van der Waals surface area contributed by atoms with Crippen LogP contribution < -0.4 is 10.6 Å². The van der Waals surface area contributed by atoms with Crippen LogP contribution in [0.25, 0.3) is 0 Å². The molecule has 3 aliphatic rings. The fourth-order valence-corrected chi connectivity index (χ4v) is 4.64. The number of carbonyl (C=O) groups excluding carboxylic acids is 1. The maximum absolute atomic E-state index is 12.6. The summed E-state index contributed by atoms with van der Waals surface area (Å²) < 4.78 is 0. The van der Waals surface area contributed by atoms with Gasteiger partial charge >= 0.3 is 0 Å². The molecule has 2 N–H and O–H groups in total. The van der Waals surface area contributed by atoms with E-state index in [2.05, 4.69) is 28.1 Å². The summed E-state index contributed by atoms with van der Waals surface area (Å²) >= 11 is 1.78. The maximum Gasteiger partial charge on any atom is 0.224 e. The number of thiophene rings is 1. The molecule has 2 saturated carbocycles. The number of halogens is 1. The number of amides is 1. The summed E-state index contributed by atoms with van der Waals surface area (Å²) in [5, 5.41) is 8.88. The van der Waals surface area contributed by atoms with Crippen LogP contribution in [0.1, 0.15) is 43.0 Å². The summed E-state index contributed by atoms with van der Waals surface area (Å²) in [6.45, 7) is 2.17. The van der Waals surface area contributed by atoms with Gasteiger partial charge in [-0.05, 0) is 68.0 Å². The Balaban J connectivity index is 0.00000132. The smallest absolute Gasteiger partial charge is 0.224 e. The van der Waals surface area contributed by atoms with Crippen molar-refractivity contribution in [3.63, 3.8) is 0 Å². The standard InChI is InChI=1S/C16H22N2OS.ClH/c19-15(12-10-16(12)5-7-17-8-6-16)18-14(11-3-4-11)13-2-1-9-20-13;/h1-2,9,11-12,14,17H,3-8,10H2,(H,18,19);1H. The Morgan fingerprint density at radius 1 is 1.38 bits per heavy atom. The molecule has 3 nitrogen and oxygen atoms in total. The lowest BCUT2D eigenvalue weighted by atomic mass is 9.91. The minimum absolute atomic E-state index is 0. The molecule has 21 heavy (non-hydrogen) atoms. The molecule has 1 amide bonds. The van der Waals surface area contributed by atoms with Crippen LogP contribution >= 0.6 is 23.7 Å². The highest BCUT2D eigenvalue weighted by atomic mass is 35.5. The molecule has 2 unspecified atom stereocenters. The van der Waals surface area contributed by atoms with Gasteiger partial charge in [0.05, 0.1) is 6.04 Å². The lowest BCUT2D eigenvalue weighted by Gasteiger charge is -2.24. The number of carbonyl (C=O) groups is 1. The van der Waals surface area contributed by atoms with Gasteiger partial charge in [0.15, 0.2) is 0 Å². The zero-order valence-electron chi connectivity index (χ0n) is 12.1. The van der Waals surface area contributed by atoms with Gasteiger partial charge in [0.25, 0.3) is 0 Å². The van der Waals surface area contributed by atoms with Crippen molar-refractivity contribution in [1.82, 2.24) is 10.6 Å². The normalized spacial score (nSPS) is 27.7. The van der Waals surface area contributed by atoms with E-state index in [4.69, 9.17) is 0 Å². The third-order valence-electron chi connectivity index (χ3n) is 5.35. The van der Waals surface area contributed by atoms with E-state index >= 15 is 0 Å². The van der Waals surface area contributed by atoms with Crippen LogP contribution in [-0.2, 0) is 4.79 Å². The quantitative estimate of drug-likeness (QED) is 0.892. The first-order valence-corrected chi connectivity index (χ1v) is 8.71. The van der Waals surface area contributed by atoms with Crippen molar-refractivity contribution in [2.75, 3.05) is 13.1 Å². The van der Waals surface area contributed by atoms with Crippen LogP contribution in [0.3, 0.4) is 0 Å². The molecule has 2 atom stereocenters. The van der Waals surface area contributed by atoms with Crippen molar-refractivity contribution in [2.45, 2.75) is 38.1 Å². The third kappa shape index (κ3) is 2.99. The molecule has 0 bridgehead atoms. The molecule has 1 saturated heterocycles. The van der Waals surface area contributed by atoms with Crippen molar-refractivity contribution < 1.29 is 4.79 Å². The van der Waals surface area contributed by atoms with Crippen molar-refractivity contribution in [1.29, 1.82) is 0 Å². The van der Waals surface area contributed by atoms with Crippen LogP contribution in [0.4, 0.5) is 0 Å². The summed E-state index contributed by atoms with van der Waals surface area (Å²) in [6.07, 6.45) is 6.00. The van der Waals surface area contributed by atoms with Crippen LogP contribution in [-0.4, -0.2) is 19.0 Å². The first-order valence-electron chi connectivity index (χ1n) is 7.83. The zero-order valence-corrected chi connectivity index (χ0v) is 13.8. The molecule has 2 aliphatic carbocycles. The van der Waals surface area contributed by atoms with Gasteiger partial charge in [-0.1, -0.05) is 6.07 Å². The van der Waals surface area contributed by atoms with E-state index < -0.39 is 0 Å².